The quantitative estimate of drug-likeness (QED) is 0.464. The number of amides is 2. The predicted molar refractivity (Wildman–Crippen MR) is 130 cm³/mol. The maximum absolute atomic E-state index is 12.5. The zero-order valence-electron chi connectivity index (χ0n) is 17.9. The highest BCUT2D eigenvalue weighted by Gasteiger charge is 2.11. The van der Waals surface area contributed by atoms with Gasteiger partial charge in [0, 0.05) is 23.4 Å². The number of benzene rings is 3. The molecule has 6 nitrogen and oxygen atoms in total. The fourth-order valence-electron chi connectivity index (χ4n) is 2.94. The molecule has 0 heterocycles. The third-order valence-corrected chi connectivity index (χ3v) is 4.58. The van der Waals surface area contributed by atoms with E-state index in [1.54, 1.807) is 48.5 Å². The SMILES string of the molecule is CC(C)Oc1cccc(C(=O)NC(=S)Nc2cccc(C(=O)NCc3ccccc3)c2)c1. The van der Waals surface area contributed by atoms with Gasteiger partial charge in [0.25, 0.3) is 11.8 Å². The van der Waals surface area contributed by atoms with Gasteiger partial charge in [-0.25, -0.2) is 0 Å². The first-order valence-electron chi connectivity index (χ1n) is 10.2. The van der Waals surface area contributed by atoms with Crippen molar-refractivity contribution in [2.75, 3.05) is 5.32 Å². The van der Waals surface area contributed by atoms with E-state index in [2.05, 4.69) is 16.0 Å². The highest BCUT2D eigenvalue weighted by atomic mass is 32.1. The lowest BCUT2D eigenvalue weighted by molar-refractivity contribution is 0.0948. The monoisotopic (exact) mass is 447 g/mol. The number of hydrogen-bond acceptors (Lipinski definition) is 4. The molecule has 0 saturated carbocycles. The van der Waals surface area contributed by atoms with Crippen LogP contribution in [0, 0.1) is 0 Å². The summed E-state index contributed by atoms with van der Waals surface area (Å²) in [6.07, 6.45) is 0.00761. The van der Waals surface area contributed by atoms with Gasteiger partial charge in [-0.15, -0.1) is 0 Å². The van der Waals surface area contributed by atoms with Gasteiger partial charge in [-0.2, -0.15) is 0 Å². The number of thiocarbonyl (C=S) groups is 1. The molecule has 3 N–H and O–H groups in total. The van der Waals surface area contributed by atoms with Crippen LogP contribution in [-0.2, 0) is 6.54 Å². The standard InChI is InChI=1S/C25H25N3O3S/c1-17(2)31-22-13-7-11-20(15-22)24(30)28-25(32)27-21-12-6-10-19(14-21)23(29)26-16-18-8-4-3-5-9-18/h3-15,17H,16H2,1-2H3,(H,26,29)(H2,27,28,30,32). The first-order chi connectivity index (χ1) is 15.4. The van der Waals surface area contributed by atoms with Gasteiger partial charge >= 0.3 is 0 Å². The Morgan fingerprint density at radius 3 is 2.28 bits per heavy atom. The highest BCUT2D eigenvalue weighted by Crippen LogP contribution is 2.15. The van der Waals surface area contributed by atoms with Gasteiger partial charge in [-0.05, 0) is 68.0 Å². The molecule has 7 heteroatoms. The molecule has 0 spiro atoms. The van der Waals surface area contributed by atoms with Gasteiger partial charge in [0.1, 0.15) is 5.75 Å². The van der Waals surface area contributed by atoms with Crippen LogP contribution < -0.4 is 20.7 Å². The summed E-state index contributed by atoms with van der Waals surface area (Å²) in [5.41, 5.74) is 2.53. The largest absolute Gasteiger partial charge is 0.491 e. The molecule has 0 aliphatic heterocycles. The molecular weight excluding hydrogens is 422 g/mol. The van der Waals surface area contributed by atoms with Crippen molar-refractivity contribution in [2.24, 2.45) is 0 Å². The minimum Gasteiger partial charge on any atom is -0.491 e. The molecule has 3 rings (SSSR count). The van der Waals surface area contributed by atoms with Crippen LogP contribution in [0.3, 0.4) is 0 Å². The third-order valence-electron chi connectivity index (χ3n) is 4.37. The summed E-state index contributed by atoms with van der Waals surface area (Å²) in [7, 11) is 0. The van der Waals surface area contributed by atoms with E-state index in [9.17, 15) is 9.59 Å². The molecule has 32 heavy (non-hydrogen) atoms. The minimum absolute atomic E-state index is 0.00761. The van der Waals surface area contributed by atoms with E-state index in [4.69, 9.17) is 17.0 Å². The van der Waals surface area contributed by atoms with Crippen molar-refractivity contribution in [1.82, 2.24) is 10.6 Å². The van der Waals surface area contributed by atoms with Crippen molar-refractivity contribution < 1.29 is 14.3 Å². The molecule has 164 valence electrons. The Hall–Kier alpha value is -3.71. The summed E-state index contributed by atoms with van der Waals surface area (Å²) in [6, 6.07) is 23.5. The van der Waals surface area contributed by atoms with Crippen molar-refractivity contribution >= 4 is 34.8 Å². The maximum Gasteiger partial charge on any atom is 0.257 e. The van der Waals surface area contributed by atoms with Gasteiger partial charge in [0.15, 0.2) is 5.11 Å². The molecule has 0 aliphatic carbocycles. The molecule has 0 aliphatic rings. The van der Waals surface area contributed by atoms with Gasteiger partial charge in [0.05, 0.1) is 6.10 Å². The van der Waals surface area contributed by atoms with E-state index in [1.807, 2.05) is 44.2 Å². The van der Waals surface area contributed by atoms with Crippen LogP contribution in [0.25, 0.3) is 0 Å². The molecular formula is C25H25N3O3S. The zero-order chi connectivity index (χ0) is 22.9. The second-order valence-electron chi connectivity index (χ2n) is 7.35. The molecule has 0 saturated heterocycles. The molecule has 0 bridgehead atoms. The van der Waals surface area contributed by atoms with Crippen molar-refractivity contribution in [3.8, 4) is 5.75 Å². The summed E-state index contributed by atoms with van der Waals surface area (Å²) in [4.78, 5) is 25.0. The van der Waals surface area contributed by atoms with Crippen molar-refractivity contribution in [1.29, 1.82) is 0 Å². The van der Waals surface area contributed by atoms with Crippen molar-refractivity contribution in [3.63, 3.8) is 0 Å². The minimum atomic E-state index is -0.353. The molecule has 0 atom stereocenters. The van der Waals surface area contributed by atoms with Crippen LogP contribution in [0.5, 0.6) is 5.75 Å². The fourth-order valence-corrected chi connectivity index (χ4v) is 3.15. The number of carbonyl (C=O) groups is 2. The van der Waals surface area contributed by atoms with E-state index >= 15 is 0 Å². The number of nitrogens with one attached hydrogen (secondary N) is 3. The summed E-state index contributed by atoms with van der Waals surface area (Å²) in [5, 5.41) is 8.61. The molecule has 0 unspecified atom stereocenters. The fraction of sp³-hybridized carbons (Fsp3) is 0.160. The van der Waals surface area contributed by atoms with Gasteiger partial charge < -0.3 is 15.4 Å². The maximum atomic E-state index is 12.5. The van der Waals surface area contributed by atoms with Gasteiger partial charge in [0.2, 0.25) is 0 Å². The Morgan fingerprint density at radius 1 is 0.875 bits per heavy atom. The lowest BCUT2D eigenvalue weighted by Gasteiger charge is -2.13. The average molecular weight is 448 g/mol. The summed E-state index contributed by atoms with van der Waals surface area (Å²) in [6.45, 7) is 4.27. The topological polar surface area (TPSA) is 79.5 Å². The van der Waals surface area contributed by atoms with E-state index in [1.165, 1.54) is 0 Å². The first-order valence-corrected chi connectivity index (χ1v) is 10.6. The molecule has 0 fully saturated rings. The lowest BCUT2D eigenvalue weighted by atomic mass is 10.1. The van der Waals surface area contributed by atoms with E-state index < -0.39 is 0 Å². The first kappa shape index (κ1) is 23.0. The van der Waals surface area contributed by atoms with E-state index in [0.717, 1.165) is 5.56 Å². The van der Waals surface area contributed by atoms with Crippen LogP contribution in [-0.4, -0.2) is 23.0 Å². The summed E-state index contributed by atoms with van der Waals surface area (Å²) < 4.78 is 5.62. The lowest BCUT2D eigenvalue weighted by Crippen LogP contribution is -2.34. The van der Waals surface area contributed by atoms with Crippen LogP contribution >= 0.6 is 12.2 Å². The molecule has 0 aromatic heterocycles. The van der Waals surface area contributed by atoms with Crippen molar-refractivity contribution in [3.05, 3.63) is 95.6 Å². The number of rotatable bonds is 7. The van der Waals surface area contributed by atoms with Gasteiger partial charge in [-0.3, -0.25) is 14.9 Å². The third kappa shape index (κ3) is 6.92. The Balaban J connectivity index is 1.57. The van der Waals surface area contributed by atoms with E-state index in [-0.39, 0.29) is 23.0 Å². The number of ether oxygens (including phenoxy) is 1. The number of anilines is 1. The smallest absolute Gasteiger partial charge is 0.257 e. The Morgan fingerprint density at radius 2 is 1.56 bits per heavy atom. The molecule has 3 aromatic rings. The zero-order valence-corrected chi connectivity index (χ0v) is 18.7. The normalized spacial score (nSPS) is 10.3. The predicted octanol–water partition coefficient (Wildman–Crippen LogP) is 4.53. The molecule has 0 radical (unpaired) electrons. The van der Waals surface area contributed by atoms with Crippen molar-refractivity contribution in [2.45, 2.75) is 26.5 Å². The average Bonchev–Trinajstić information content (AvgIpc) is 2.78. The highest BCUT2D eigenvalue weighted by molar-refractivity contribution is 7.80. The number of hydrogen-bond donors (Lipinski definition) is 3. The van der Waals surface area contributed by atoms with Crippen LogP contribution in [0.15, 0.2) is 78.9 Å². The number of carbonyl (C=O) groups excluding carboxylic acids is 2. The Kier molecular flexibility index (Phi) is 7.94. The molecule has 3 aromatic carbocycles. The Bertz CT molecular complexity index is 1100. The van der Waals surface area contributed by atoms with E-state index in [0.29, 0.717) is 29.1 Å². The van der Waals surface area contributed by atoms with Crippen LogP contribution in [0.1, 0.15) is 40.1 Å². The summed E-state index contributed by atoms with van der Waals surface area (Å²) >= 11 is 5.26. The second kappa shape index (κ2) is 11.1. The van der Waals surface area contributed by atoms with Gasteiger partial charge in [-0.1, -0.05) is 42.5 Å². The molecule has 2 amide bonds. The Labute approximate surface area is 193 Å². The summed E-state index contributed by atoms with van der Waals surface area (Å²) in [5.74, 6) is 0.0589. The second-order valence-corrected chi connectivity index (χ2v) is 7.76. The van der Waals surface area contributed by atoms with Crippen LogP contribution in [0.4, 0.5) is 5.69 Å². The van der Waals surface area contributed by atoms with Crippen LogP contribution in [0.2, 0.25) is 0 Å².